The van der Waals surface area contributed by atoms with Crippen LogP contribution in [0.5, 0.6) is 0 Å². The number of ether oxygens (including phenoxy) is 1. The molecule has 0 rings (SSSR count). The molecular formula is C10H17NO2. The van der Waals surface area contributed by atoms with E-state index >= 15 is 0 Å². The Morgan fingerprint density at radius 1 is 1.69 bits per heavy atom. The summed E-state index contributed by atoms with van der Waals surface area (Å²) in [7, 11) is 1.38. The Morgan fingerprint density at radius 2 is 2.23 bits per heavy atom. The monoisotopic (exact) mass is 183 g/mol. The molecule has 0 aromatic rings. The van der Waals surface area contributed by atoms with Gasteiger partial charge in [-0.05, 0) is 20.8 Å². The molecule has 3 nitrogen and oxygen atoms in total. The number of terminal acetylenes is 1. The van der Waals surface area contributed by atoms with Crippen molar-refractivity contribution in [1.29, 1.82) is 0 Å². The topological polar surface area (TPSA) is 38.3 Å². The summed E-state index contributed by atoms with van der Waals surface area (Å²) in [5.74, 6) is 2.30. The molecule has 0 aliphatic heterocycles. The minimum absolute atomic E-state index is 0.0241. The van der Waals surface area contributed by atoms with Gasteiger partial charge in [0.2, 0.25) is 0 Å². The van der Waals surface area contributed by atoms with Gasteiger partial charge in [0.25, 0.3) is 0 Å². The molecule has 1 atom stereocenters. The molecule has 0 saturated heterocycles. The first kappa shape index (κ1) is 12.0. The Hall–Kier alpha value is -1.01. The van der Waals surface area contributed by atoms with Gasteiger partial charge in [0.1, 0.15) is 0 Å². The summed E-state index contributed by atoms with van der Waals surface area (Å²) in [6, 6.07) is -0.0241. The first-order chi connectivity index (χ1) is 5.94. The fourth-order valence-electron chi connectivity index (χ4n) is 0.816. The molecule has 0 aromatic heterocycles. The van der Waals surface area contributed by atoms with Gasteiger partial charge >= 0.3 is 5.97 Å². The number of carbonyl (C=O) groups excluding carboxylic acids is 1. The smallest absolute Gasteiger partial charge is 0.312 e. The van der Waals surface area contributed by atoms with Crippen LogP contribution in [0.4, 0.5) is 0 Å². The van der Waals surface area contributed by atoms with Crippen LogP contribution in [-0.2, 0) is 9.53 Å². The van der Waals surface area contributed by atoms with Gasteiger partial charge in [-0.3, -0.25) is 4.79 Å². The summed E-state index contributed by atoms with van der Waals surface area (Å²) in [6.45, 7) is 6.02. The van der Waals surface area contributed by atoms with E-state index in [0.717, 1.165) is 0 Å². The molecule has 0 saturated carbocycles. The average molecular weight is 183 g/mol. The lowest BCUT2D eigenvalue weighted by molar-refractivity contribution is -0.150. The van der Waals surface area contributed by atoms with Gasteiger partial charge in [-0.1, -0.05) is 5.92 Å². The zero-order chi connectivity index (χ0) is 10.5. The van der Waals surface area contributed by atoms with E-state index in [1.807, 2.05) is 20.8 Å². The van der Waals surface area contributed by atoms with Crippen LogP contribution in [0.2, 0.25) is 0 Å². The highest BCUT2D eigenvalue weighted by Crippen LogP contribution is 2.15. The number of nitrogens with one attached hydrogen (secondary N) is 1. The predicted octanol–water partition coefficient (Wildman–Crippen LogP) is 0.797. The van der Waals surface area contributed by atoms with Gasteiger partial charge in [0, 0.05) is 6.54 Å². The van der Waals surface area contributed by atoms with Crippen LogP contribution in [0, 0.1) is 17.8 Å². The van der Waals surface area contributed by atoms with Gasteiger partial charge in [0.05, 0.1) is 18.6 Å². The molecule has 0 aromatic carbocycles. The van der Waals surface area contributed by atoms with Crippen molar-refractivity contribution in [2.45, 2.75) is 26.8 Å². The first-order valence-electron chi connectivity index (χ1n) is 4.22. The number of hydrogen-bond acceptors (Lipinski definition) is 3. The normalized spacial score (nSPS) is 13.2. The predicted molar refractivity (Wildman–Crippen MR) is 52.1 cm³/mol. The van der Waals surface area contributed by atoms with E-state index < -0.39 is 5.41 Å². The van der Waals surface area contributed by atoms with E-state index in [2.05, 4.69) is 16.0 Å². The fraction of sp³-hybridized carbons (Fsp3) is 0.700. The molecule has 0 aliphatic carbocycles. The largest absolute Gasteiger partial charge is 0.469 e. The van der Waals surface area contributed by atoms with Crippen LogP contribution in [0.3, 0.4) is 0 Å². The minimum Gasteiger partial charge on any atom is -0.469 e. The van der Waals surface area contributed by atoms with E-state index in [4.69, 9.17) is 6.42 Å². The van der Waals surface area contributed by atoms with Crippen molar-refractivity contribution in [2.75, 3.05) is 13.7 Å². The van der Waals surface area contributed by atoms with Crippen LogP contribution in [0.15, 0.2) is 0 Å². The van der Waals surface area contributed by atoms with Crippen molar-refractivity contribution in [1.82, 2.24) is 5.32 Å². The number of esters is 1. The zero-order valence-electron chi connectivity index (χ0n) is 8.68. The third-order valence-corrected chi connectivity index (χ3v) is 1.84. The number of carbonyl (C=O) groups is 1. The van der Waals surface area contributed by atoms with Crippen LogP contribution in [0.25, 0.3) is 0 Å². The molecule has 0 fully saturated rings. The van der Waals surface area contributed by atoms with Crippen LogP contribution in [0.1, 0.15) is 20.8 Å². The molecule has 74 valence electrons. The lowest BCUT2D eigenvalue weighted by atomic mass is 9.93. The molecule has 0 spiro atoms. The standard InChI is InChI=1S/C10H17NO2/c1-6-8(2)11-7-10(3,4)9(12)13-5/h1,8,11H,7H2,2-5H3. The summed E-state index contributed by atoms with van der Waals surface area (Å²) in [5, 5.41) is 3.05. The third-order valence-electron chi connectivity index (χ3n) is 1.84. The molecule has 1 unspecified atom stereocenters. The average Bonchev–Trinajstić information content (AvgIpc) is 2.12. The highest BCUT2D eigenvalue weighted by molar-refractivity contribution is 5.76. The molecule has 0 radical (unpaired) electrons. The molecule has 0 amide bonds. The van der Waals surface area contributed by atoms with Gasteiger partial charge in [-0.15, -0.1) is 6.42 Å². The van der Waals surface area contributed by atoms with Gasteiger partial charge < -0.3 is 10.1 Å². The molecule has 0 heterocycles. The van der Waals surface area contributed by atoms with Crippen molar-refractivity contribution in [3.8, 4) is 12.3 Å². The molecule has 3 heteroatoms. The van der Waals surface area contributed by atoms with Gasteiger partial charge in [-0.25, -0.2) is 0 Å². The Morgan fingerprint density at radius 3 is 2.62 bits per heavy atom. The van der Waals surface area contributed by atoms with Gasteiger partial charge in [-0.2, -0.15) is 0 Å². The van der Waals surface area contributed by atoms with Crippen molar-refractivity contribution in [3.63, 3.8) is 0 Å². The van der Waals surface area contributed by atoms with Gasteiger partial charge in [0.15, 0.2) is 0 Å². The van der Waals surface area contributed by atoms with E-state index in [1.165, 1.54) is 7.11 Å². The van der Waals surface area contributed by atoms with Crippen LogP contribution in [-0.4, -0.2) is 25.7 Å². The Bertz CT molecular complexity index is 215. The number of hydrogen-bond donors (Lipinski definition) is 1. The van der Waals surface area contributed by atoms with Crippen molar-refractivity contribution >= 4 is 5.97 Å². The third kappa shape index (κ3) is 3.95. The highest BCUT2D eigenvalue weighted by Gasteiger charge is 2.28. The summed E-state index contributed by atoms with van der Waals surface area (Å²) >= 11 is 0. The van der Waals surface area contributed by atoms with E-state index in [-0.39, 0.29) is 12.0 Å². The Kier molecular flexibility index (Phi) is 4.50. The lowest BCUT2D eigenvalue weighted by Gasteiger charge is -2.22. The summed E-state index contributed by atoms with van der Waals surface area (Å²) in [4.78, 5) is 11.2. The first-order valence-corrected chi connectivity index (χ1v) is 4.22. The van der Waals surface area contributed by atoms with E-state index in [0.29, 0.717) is 6.54 Å². The molecule has 13 heavy (non-hydrogen) atoms. The second-order valence-electron chi connectivity index (χ2n) is 3.64. The minimum atomic E-state index is -0.528. The summed E-state index contributed by atoms with van der Waals surface area (Å²) in [5.41, 5.74) is -0.528. The van der Waals surface area contributed by atoms with Crippen molar-refractivity contribution in [2.24, 2.45) is 5.41 Å². The number of methoxy groups -OCH3 is 1. The second kappa shape index (κ2) is 4.88. The SMILES string of the molecule is C#CC(C)NCC(C)(C)C(=O)OC. The molecular weight excluding hydrogens is 166 g/mol. The maximum absolute atomic E-state index is 11.2. The number of rotatable bonds is 4. The van der Waals surface area contributed by atoms with Crippen molar-refractivity contribution < 1.29 is 9.53 Å². The Balaban J connectivity index is 4.04. The lowest BCUT2D eigenvalue weighted by Crippen LogP contribution is -2.40. The quantitative estimate of drug-likeness (QED) is 0.517. The second-order valence-corrected chi connectivity index (χ2v) is 3.64. The zero-order valence-corrected chi connectivity index (χ0v) is 8.68. The van der Waals surface area contributed by atoms with E-state index in [9.17, 15) is 4.79 Å². The summed E-state index contributed by atoms with van der Waals surface area (Å²) in [6.07, 6.45) is 5.18. The van der Waals surface area contributed by atoms with E-state index in [1.54, 1.807) is 0 Å². The highest BCUT2D eigenvalue weighted by atomic mass is 16.5. The molecule has 0 aliphatic rings. The summed E-state index contributed by atoms with van der Waals surface area (Å²) < 4.78 is 4.65. The molecule has 1 N–H and O–H groups in total. The maximum atomic E-state index is 11.2. The Labute approximate surface area is 79.8 Å². The molecule has 0 bridgehead atoms. The van der Waals surface area contributed by atoms with Crippen molar-refractivity contribution in [3.05, 3.63) is 0 Å². The van der Waals surface area contributed by atoms with Crippen LogP contribution < -0.4 is 5.32 Å². The van der Waals surface area contributed by atoms with Crippen LogP contribution >= 0.6 is 0 Å². The maximum Gasteiger partial charge on any atom is 0.312 e. The fourth-order valence-corrected chi connectivity index (χ4v) is 0.816.